The summed E-state index contributed by atoms with van der Waals surface area (Å²) in [5, 5.41) is 0.581. The highest BCUT2D eigenvalue weighted by Crippen LogP contribution is 2.23. The van der Waals surface area contributed by atoms with Gasteiger partial charge < -0.3 is 0 Å². The predicted molar refractivity (Wildman–Crippen MR) is 73.1 cm³/mol. The summed E-state index contributed by atoms with van der Waals surface area (Å²) >= 11 is 7.46. The van der Waals surface area contributed by atoms with Crippen molar-refractivity contribution in [1.29, 1.82) is 0 Å². The Balaban J connectivity index is 2.44. The smallest absolute Gasteiger partial charge is 0.194 e. The third-order valence-electron chi connectivity index (χ3n) is 2.44. The highest BCUT2D eigenvalue weighted by atomic mass is 35.5. The van der Waals surface area contributed by atoms with Gasteiger partial charge in [0.1, 0.15) is 0 Å². The van der Waals surface area contributed by atoms with E-state index in [9.17, 15) is 4.79 Å². The molecule has 3 heteroatoms. The van der Waals surface area contributed by atoms with Gasteiger partial charge in [-0.2, -0.15) is 0 Å². The van der Waals surface area contributed by atoms with Gasteiger partial charge in [0.05, 0.1) is 0 Å². The van der Waals surface area contributed by atoms with E-state index in [0.29, 0.717) is 10.6 Å². The maximum absolute atomic E-state index is 12.3. The summed E-state index contributed by atoms with van der Waals surface area (Å²) < 4.78 is 0. The quantitative estimate of drug-likeness (QED) is 0.606. The lowest BCUT2D eigenvalue weighted by Crippen LogP contribution is -2.02. The fourth-order valence-corrected chi connectivity index (χ4v) is 2.40. The first-order valence-electron chi connectivity index (χ1n) is 5.15. The lowest BCUT2D eigenvalue weighted by Gasteiger charge is -2.06. The second kappa shape index (κ2) is 5.39. The third kappa shape index (κ3) is 2.71. The molecule has 0 saturated heterocycles. The van der Waals surface area contributed by atoms with Gasteiger partial charge in [-0.1, -0.05) is 35.9 Å². The molecular weight excluding hydrogens is 252 g/mol. The van der Waals surface area contributed by atoms with E-state index in [1.165, 1.54) is 0 Å². The number of carbonyl (C=O) groups excluding carboxylic acids is 1. The number of thioether (sulfide) groups is 1. The third-order valence-corrected chi connectivity index (χ3v) is 3.47. The van der Waals surface area contributed by atoms with Crippen molar-refractivity contribution in [3.8, 4) is 0 Å². The van der Waals surface area contributed by atoms with Crippen LogP contribution in [0.3, 0.4) is 0 Å². The van der Waals surface area contributed by atoms with Crippen molar-refractivity contribution < 1.29 is 4.79 Å². The molecular formula is C14H11ClOS. The molecule has 0 bridgehead atoms. The Morgan fingerprint density at radius 2 is 1.88 bits per heavy atom. The van der Waals surface area contributed by atoms with Gasteiger partial charge in [-0.25, -0.2) is 0 Å². The molecule has 0 aliphatic carbocycles. The summed E-state index contributed by atoms with van der Waals surface area (Å²) in [5.41, 5.74) is 1.35. The summed E-state index contributed by atoms with van der Waals surface area (Å²) in [7, 11) is 0. The second-order valence-electron chi connectivity index (χ2n) is 3.54. The number of halogens is 1. The van der Waals surface area contributed by atoms with E-state index < -0.39 is 0 Å². The van der Waals surface area contributed by atoms with Crippen molar-refractivity contribution in [1.82, 2.24) is 0 Å². The van der Waals surface area contributed by atoms with Gasteiger partial charge in [-0.15, -0.1) is 11.8 Å². The van der Waals surface area contributed by atoms with E-state index in [1.807, 2.05) is 30.5 Å². The molecule has 0 fully saturated rings. The first kappa shape index (κ1) is 12.2. The van der Waals surface area contributed by atoms with Crippen molar-refractivity contribution in [3.63, 3.8) is 0 Å². The minimum Gasteiger partial charge on any atom is -0.289 e. The van der Waals surface area contributed by atoms with Gasteiger partial charge in [-0.3, -0.25) is 4.79 Å². The van der Waals surface area contributed by atoms with Crippen molar-refractivity contribution in [2.75, 3.05) is 6.26 Å². The lowest BCUT2D eigenvalue weighted by molar-refractivity contribution is 0.103. The number of rotatable bonds is 3. The number of ketones is 1. The number of hydrogen-bond donors (Lipinski definition) is 0. The number of carbonyl (C=O) groups is 1. The normalized spacial score (nSPS) is 10.2. The Bertz CT molecular complexity index is 551. The molecule has 0 heterocycles. The standard InChI is InChI=1S/C14H11ClOS/c1-17-13-8-3-2-7-12(13)14(16)10-5-4-6-11(15)9-10/h2-9H,1H3. The maximum atomic E-state index is 12.3. The highest BCUT2D eigenvalue weighted by molar-refractivity contribution is 7.98. The second-order valence-corrected chi connectivity index (χ2v) is 4.82. The van der Waals surface area contributed by atoms with Gasteiger partial charge >= 0.3 is 0 Å². The molecule has 0 spiro atoms. The monoisotopic (exact) mass is 262 g/mol. The fourth-order valence-electron chi connectivity index (χ4n) is 1.62. The molecule has 0 aromatic heterocycles. The zero-order valence-corrected chi connectivity index (χ0v) is 10.9. The molecule has 2 rings (SSSR count). The molecule has 0 unspecified atom stereocenters. The SMILES string of the molecule is CSc1ccccc1C(=O)c1cccc(Cl)c1. The van der Waals surface area contributed by atoms with Crippen molar-refractivity contribution in [2.45, 2.75) is 4.90 Å². The Morgan fingerprint density at radius 3 is 2.59 bits per heavy atom. The van der Waals surface area contributed by atoms with E-state index >= 15 is 0 Å². The molecule has 0 aliphatic rings. The molecule has 0 saturated carbocycles. The Kier molecular flexibility index (Phi) is 3.87. The van der Waals surface area contributed by atoms with Crippen LogP contribution in [-0.4, -0.2) is 12.0 Å². The van der Waals surface area contributed by atoms with Crippen LogP contribution >= 0.6 is 23.4 Å². The zero-order chi connectivity index (χ0) is 12.3. The first-order valence-corrected chi connectivity index (χ1v) is 6.76. The van der Waals surface area contributed by atoms with Crippen LogP contribution in [0, 0.1) is 0 Å². The van der Waals surface area contributed by atoms with Crippen LogP contribution < -0.4 is 0 Å². The zero-order valence-electron chi connectivity index (χ0n) is 9.31. The highest BCUT2D eigenvalue weighted by Gasteiger charge is 2.12. The van der Waals surface area contributed by atoms with Gasteiger partial charge in [-0.05, 0) is 30.5 Å². The van der Waals surface area contributed by atoms with Crippen LogP contribution in [0.15, 0.2) is 53.4 Å². The molecule has 0 N–H and O–H groups in total. The van der Waals surface area contributed by atoms with E-state index in [0.717, 1.165) is 10.5 Å². The Morgan fingerprint density at radius 1 is 1.12 bits per heavy atom. The lowest BCUT2D eigenvalue weighted by atomic mass is 10.0. The summed E-state index contributed by atoms with van der Waals surface area (Å²) in [6, 6.07) is 14.6. The Labute approximate surface area is 110 Å². The van der Waals surface area contributed by atoms with Crippen LogP contribution in [-0.2, 0) is 0 Å². The van der Waals surface area contributed by atoms with E-state index in [-0.39, 0.29) is 5.78 Å². The number of benzene rings is 2. The van der Waals surface area contributed by atoms with Gasteiger partial charge in [0.15, 0.2) is 5.78 Å². The molecule has 2 aromatic carbocycles. The van der Waals surface area contributed by atoms with Crippen LogP contribution in [0.2, 0.25) is 5.02 Å². The van der Waals surface area contributed by atoms with Crippen LogP contribution in [0.25, 0.3) is 0 Å². The fraction of sp³-hybridized carbons (Fsp3) is 0.0714. The average Bonchev–Trinajstić information content (AvgIpc) is 2.38. The van der Waals surface area contributed by atoms with E-state index in [4.69, 9.17) is 11.6 Å². The van der Waals surface area contributed by atoms with Gasteiger partial charge in [0.25, 0.3) is 0 Å². The van der Waals surface area contributed by atoms with Crippen molar-refractivity contribution in [3.05, 3.63) is 64.7 Å². The first-order chi connectivity index (χ1) is 8.22. The Hall–Kier alpha value is -1.25. The molecule has 2 aromatic rings. The van der Waals surface area contributed by atoms with Gasteiger partial charge in [0, 0.05) is 21.0 Å². The van der Waals surface area contributed by atoms with Crippen LogP contribution in [0.5, 0.6) is 0 Å². The molecule has 0 radical (unpaired) electrons. The van der Waals surface area contributed by atoms with E-state index in [2.05, 4.69) is 0 Å². The minimum absolute atomic E-state index is 0.0115. The van der Waals surface area contributed by atoms with Crippen molar-refractivity contribution in [2.24, 2.45) is 0 Å². The molecule has 0 amide bonds. The number of hydrogen-bond acceptors (Lipinski definition) is 2. The van der Waals surface area contributed by atoms with Crippen LogP contribution in [0.1, 0.15) is 15.9 Å². The molecule has 86 valence electrons. The molecule has 0 aliphatic heterocycles. The van der Waals surface area contributed by atoms with Gasteiger partial charge in [0.2, 0.25) is 0 Å². The summed E-state index contributed by atoms with van der Waals surface area (Å²) in [4.78, 5) is 13.3. The van der Waals surface area contributed by atoms with Crippen molar-refractivity contribution >= 4 is 29.1 Å². The topological polar surface area (TPSA) is 17.1 Å². The molecule has 0 atom stereocenters. The largest absolute Gasteiger partial charge is 0.289 e. The molecule has 17 heavy (non-hydrogen) atoms. The summed E-state index contributed by atoms with van der Waals surface area (Å²) in [6.45, 7) is 0. The van der Waals surface area contributed by atoms with E-state index in [1.54, 1.807) is 36.0 Å². The van der Waals surface area contributed by atoms with Crippen LogP contribution in [0.4, 0.5) is 0 Å². The molecule has 1 nitrogen and oxygen atoms in total. The summed E-state index contributed by atoms with van der Waals surface area (Å²) in [5.74, 6) is 0.0115. The average molecular weight is 263 g/mol. The minimum atomic E-state index is 0.0115. The maximum Gasteiger partial charge on any atom is 0.194 e. The predicted octanol–water partition coefficient (Wildman–Crippen LogP) is 4.29. The summed E-state index contributed by atoms with van der Waals surface area (Å²) in [6.07, 6.45) is 1.96.